The van der Waals surface area contributed by atoms with Crippen LogP contribution in [0.5, 0.6) is 0 Å². The molecule has 1 rings (SSSR count). The third-order valence-corrected chi connectivity index (χ3v) is 5.03. The average molecular weight is 282 g/mol. The van der Waals surface area contributed by atoms with E-state index in [2.05, 4.69) is 6.58 Å². The fraction of sp³-hybridized carbons (Fsp3) is 0.429. The summed E-state index contributed by atoms with van der Waals surface area (Å²) in [6.07, 6.45) is 1.59. The lowest BCUT2D eigenvalue weighted by Crippen LogP contribution is -2.45. The zero-order valence-corrected chi connectivity index (χ0v) is 12.6. The molecule has 0 fully saturated rings. The van der Waals surface area contributed by atoms with Gasteiger partial charge < -0.3 is 5.73 Å². The summed E-state index contributed by atoms with van der Waals surface area (Å²) in [7, 11) is -3.58. The third kappa shape index (κ3) is 3.43. The molecule has 0 aliphatic heterocycles. The molecule has 2 N–H and O–H groups in total. The number of nitrogens with zero attached hydrogens (tertiary/aromatic N) is 1. The highest BCUT2D eigenvalue weighted by atomic mass is 32.2. The summed E-state index contributed by atoms with van der Waals surface area (Å²) in [5.74, 6) is 0. The molecule has 0 bridgehead atoms. The Hall–Kier alpha value is -1.17. The lowest BCUT2D eigenvalue weighted by molar-refractivity contribution is 0.269. The van der Waals surface area contributed by atoms with Crippen LogP contribution in [-0.4, -0.2) is 24.8 Å². The van der Waals surface area contributed by atoms with Crippen molar-refractivity contribution in [2.24, 2.45) is 5.73 Å². The van der Waals surface area contributed by atoms with E-state index in [9.17, 15) is 8.42 Å². The smallest absolute Gasteiger partial charge is 0.244 e. The van der Waals surface area contributed by atoms with Crippen LogP contribution in [0.4, 0.5) is 0 Å². The Labute approximate surface area is 116 Å². The van der Waals surface area contributed by atoms with Gasteiger partial charge in [0.15, 0.2) is 0 Å². The van der Waals surface area contributed by atoms with Gasteiger partial charge in [0.25, 0.3) is 0 Å². The van der Waals surface area contributed by atoms with E-state index in [-0.39, 0.29) is 18.0 Å². The molecule has 0 aliphatic rings. The topological polar surface area (TPSA) is 63.4 Å². The predicted molar refractivity (Wildman–Crippen MR) is 78.2 cm³/mol. The highest BCUT2D eigenvalue weighted by Gasteiger charge is 2.33. The van der Waals surface area contributed by atoms with Gasteiger partial charge in [-0.3, -0.25) is 0 Å². The van der Waals surface area contributed by atoms with Crippen molar-refractivity contribution in [2.75, 3.05) is 6.54 Å². The third-order valence-electron chi connectivity index (χ3n) is 2.80. The van der Waals surface area contributed by atoms with Crippen LogP contribution in [0.2, 0.25) is 0 Å². The summed E-state index contributed by atoms with van der Waals surface area (Å²) in [5.41, 5.74) is 5.73. The van der Waals surface area contributed by atoms with Crippen LogP contribution >= 0.6 is 0 Å². The molecule has 0 atom stereocenters. The summed E-state index contributed by atoms with van der Waals surface area (Å²) < 4.78 is 27.0. The molecule has 0 aliphatic carbocycles. The van der Waals surface area contributed by atoms with Gasteiger partial charge in [0.05, 0.1) is 4.90 Å². The lowest BCUT2D eigenvalue weighted by Gasteiger charge is -2.34. The predicted octanol–water partition coefficient (Wildman–Crippen LogP) is 2.12. The fourth-order valence-electron chi connectivity index (χ4n) is 1.89. The minimum absolute atomic E-state index is 0.196. The van der Waals surface area contributed by atoms with Crippen LogP contribution in [-0.2, 0) is 16.6 Å². The first-order valence-corrected chi connectivity index (χ1v) is 7.61. The molecule has 0 heterocycles. The first kappa shape index (κ1) is 15.9. The van der Waals surface area contributed by atoms with Crippen LogP contribution < -0.4 is 5.73 Å². The molecule has 0 unspecified atom stereocenters. The summed E-state index contributed by atoms with van der Waals surface area (Å²) in [6, 6.07) is 6.83. The Morgan fingerprint density at radius 3 is 2.37 bits per heavy atom. The van der Waals surface area contributed by atoms with E-state index in [4.69, 9.17) is 5.73 Å². The molecule has 1 aromatic rings. The Kier molecular flexibility index (Phi) is 4.90. The maximum absolute atomic E-state index is 12.8. The number of nitrogens with two attached hydrogens (primary N) is 1. The second kappa shape index (κ2) is 5.86. The second-order valence-corrected chi connectivity index (χ2v) is 7.14. The summed E-state index contributed by atoms with van der Waals surface area (Å²) in [4.78, 5) is 0.272. The van der Waals surface area contributed by atoms with Gasteiger partial charge in [-0.05, 0) is 32.4 Å². The van der Waals surface area contributed by atoms with Crippen molar-refractivity contribution in [3.05, 3.63) is 42.5 Å². The van der Waals surface area contributed by atoms with E-state index < -0.39 is 15.6 Å². The summed E-state index contributed by atoms with van der Waals surface area (Å²) in [6.45, 7) is 9.68. The SMILES string of the molecule is C=CCN(C(C)(C)C)S(=O)(=O)c1ccccc1CN. The first-order valence-electron chi connectivity index (χ1n) is 6.17. The van der Waals surface area contributed by atoms with E-state index >= 15 is 0 Å². The van der Waals surface area contributed by atoms with E-state index in [0.717, 1.165) is 0 Å². The minimum Gasteiger partial charge on any atom is -0.326 e. The zero-order valence-electron chi connectivity index (χ0n) is 11.8. The molecule has 0 saturated carbocycles. The van der Waals surface area contributed by atoms with Gasteiger partial charge in [-0.25, -0.2) is 8.42 Å². The van der Waals surface area contributed by atoms with E-state index in [1.54, 1.807) is 30.3 Å². The van der Waals surface area contributed by atoms with Crippen LogP contribution in [0.1, 0.15) is 26.3 Å². The number of hydrogen-bond donors (Lipinski definition) is 1. The monoisotopic (exact) mass is 282 g/mol. The molecule has 0 aromatic heterocycles. The summed E-state index contributed by atoms with van der Waals surface area (Å²) in [5, 5.41) is 0. The average Bonchev–Trinajstić information content (AvgIpc) is 2.34. The van der Waals surface area contributed by atoms with E-state index in [1.165, 1.54) is 4.31 Å². The Balaban J connectivity index is 3.39. The van der Waals surface area contributed by atoms with Gasteiger partial charge in [0, 0.05) is 18.6 Å². The van der Waals surface area contributed by atoms with Crippen LogP contribution in [0.25, 0.3) is 0 Å². The van der Waals surface area contributed by atoms with Gasteiger partial charge in [0.2, 0.25) is 10.0 Å². The van der Waals surface area contributed by atoms with Crippen molar-refractivity contribution in [1.82, 2.24) is 4.31 Å². The summed E-state index contributed by atoms with van der Waals surface area (Å²) >= 11 is 0. The highest BCUT2D eigenvalue weighted by Crippen LogP contribution is 2.26. The van der Waals surface area contributed by atoms with Gasteiger partial charge in [-0.1, -0.05) is 24.3 Å². The van der Waals surface area contributed by atoms with Gasteiger partial charge >= 0.3 is 0 Å². The molecular weight excluding hydrogens is 260 g/mol. The number of sulfonamides is 1. The molecule has 19 heavy (non-hydrogen) atoms. The Morgan fingerprint density at radius 1 is 1.32 bits per heavy atom. The van der Waals surface area contributed by atoms with Crippen molar-refractivity contribution in [1.29, 1.82) is 0 Å². The molecule has 1 aromatic carbocycles. The number of benzene rings is 1. The zero-order chi connectivity index (χ0) is 14.7. The lowest BCUT2D eigenvalue weighted by atomic mass is 10.1. The second-order valence-electron chi connectivity index (χ2n) is 5.31. The van der Waals surface area contributed by atoms with Crippen LogP contribution in [0.15, 0.2) is 41.8 Å². The molecule has 5 heteroatoms. The molecule has 0 spiro atoms. The molecule has 0 saturated heterocycles. The number of hydrogen-bond acceptors (Lipinski definition) is 3. The molecule has 4 nitrogen and oxygen atoms in total. The van der Waals surface area contributed by atoms with Gasteiger partial charge in [0.1, 0.15) is 0 Å². The van der Waals surface area contributed by atoms with E-state index in [1.807, 2.05) is 20.8 Å². The maximum Gasteiger partial charge on any atom is 0.244 e. The number of rotatable bonds is 5. The van der Waals surface area contributed by atoms with Crippen molar-refractivity contribution in [3.63, 3.8) is 0 Å². The fourth-order valence-corrected chi connectivity index (χ4v) is 3.89. The quantitative estimate of drug-likeness (QED) is 0.841. The van der Waals surface area contributed by atoms with Crippen molar-refractivity contribution in [3.8, 4) is 0 Å². The van der Waals surface area contributed by atoms with Crippen molar-refractivity contribution < 1.29 is 8.42 Å². The van der Waals surface area contributed by atoms with Crippen LogP contribution in [0, 0.1) is 0 Å². The largest absolute Gasteiger partial charge is 0.326 e. The normalized spacial score (nSPS) is 12.7. The Bertz CT molecular complexity index is 545. The highest BCUT2D eigenvalue weighted by molar-refractivity contribution is 7.89. The van der Waals surface area contributed by atoms with Crippen molar-refractivity contribution >= 4 is 10.0 Å². The molecule has 0 radical (unpaired) electrons. The standard InChI is InChI=1S/C14H22N2O2S/c1-5-10-16(14(2,3)4)19(17,18)13-9-7-6-8-12(13)11-15/h5-9H,1,10-11,15H2,2-4H3. The Morgan fingerprint density at radius 2 is 1.89 bits per heavy atom. The molecule has 0 amide bonds. The molecular formula is C14H22N2O2S. The van der Waals surface area contributed by atoms with Crippen LogP contribution in [0.3, 0.4) is 0 Å². The first-order chi connectivity index (χ1) is 8.75. The minimum atomic E-state index is -3.58. The van der Waals surface area contributed by atoms with Crippen molar-refractivity contribution in [2.45, 2.75) is 37.8 Å². The molecule has 106 valence electrons. The van der Waals surface area contributed by atoms with Gasteiger partial charge in [-0.2, -0.15) is 4.31 Å². The van der Waals surface area contributed by atoms with Gasteiger partial charge in [-0.15, -0.1) is 6.58 Å². The van der Waals surface area contributed by atoms with E-state index in [0.29, 0.717) is 5.56 Å². The maximum atomic E-state index is 12.8.